The van der Waals surface area contributed by atoms with Crippen LogP contribution in [0.2, 0.25) is 0 Å². The second kappa shape index (κ2) is 7.94. The zero-order chi connectivity index (χ0) is 16.9. The van der Waals surface area contributed by atoms with Crippen molar-refractivity contribution in [3.05, 3.63) is 0 Å². The predicted octanol–water partition coefficient (Wildman–Crippen LogP) is 0.298. The molecule has 8 heteroatoms. The van der Waals surface area contributed by atoms with Gasteiger partial charge in [0.25, 0.3) is 0 Å². The third-order valence-electron chi connectivity index (χ3n) is 5.09. The second-order valence-electron chi connectivity index (χ2n) is 6.65. The monoisotopic (exact) mass is 337 g/mol. The molecule has 2 N–H and O–H groups in total. The third kappa shape index (κ3) is 3.87. The molecule has 0 radical (unpaired) electrons. The Morgan fingerprint density at radius 3 is 1.58 bits per heavy atom. The van der Waals surface area contributed by atoms with Crippen LogP contribution in [0.1, 0.15) is 25.7 Å². The number of aliphatic hydroxyl groups excluding tert-OH is 2. The lowest BCUT2D eigenvalue weighted by molar-refractivity contribution is 0.202. The number of piperidine rings is 2. The van der Waals surface area contributed by atoms with Gasteiger partial charge in [0, 0.05) is 39.4 Å². The van der Waals surface area contributed by atoms with Crippen molar-refractivity contribution in [2.45, 2.75) is 25.7 Å². The SMILES string of the molecule is COc1nc(N2CCC(CO)CC2)nc(N2CCC(CO)CC2)n1. The van der Waals surface area contributed by atoms with Gasteiger partial charge in [0.15, 0.2) is 0 Å². The van der Waals surface area contributed by atoms with Crippen LogP contribution in [0.25, 0.3) is 0 Å². The molecular weight excluding hydrogens is 310 g/mol. The summed E-state index contributed by atoms with van der Waals surface area (Å²) in [5.74, 6) is 2.05. The maximum Gasteiger partial charge on any atom is 0.322 e. The summed E-state index contributed by atoms with van der Waals surface area (Å²) in [6.45, 7) is 3.85. The van der Waals surface area contributed by atoms with E-state index in [9.17, 15) is 10.2 Å². The van der Waals surface area contributed by atoms with Gasteiger partial charge in [0.2, 0.25) is 11.9 Å². The lowest BCUT2D eigenvalue weighted by atomic mass is 9.98. The van der Waals surface area contributed by atoms with Gasteiger partial charge in [0.05, 0.1) is 7.11 Å². The number of anilines is 2. The highest BCUT2D eigenvalue weighted by Crippen LogP contribution is 2.25. The molecule has 0 atom stereocenters. The van der Waals surface area contributed by atoms with Crippen LogP contribution in [0.3, 0.4) is 0 Å². The van der Waals surface area contributed by atoms with E-state index in [4.69, 9.17) is 4.74 Å². The van der Waals surface area contributed by atoms with Crippen molar-refractivity contribution < 1.29 is 14.9 Å². The predicted molar refractivity (Wildman–Crippen MR) is 90.4 cm³/mol. The van der Waals surface area contributed by atoms with Crippen LogP contribution in [0.5, 0.6) is 6.01 Å². The van der Waals surface area contributed by atoms with Crippen molar-refractivity contribution in [2.75, 3.05) is 56.3 Å². The molecule has 3 rings (SSSR count). The molecule has 0 bridgehead atoms. The number of hydrogen-bond donors (Lipinski definition) is 2. The van der Waals surface area contributed by atoms with Crippen LogP contribution in [0, 0.1) is 11.8 Å². The van der Waals surface area contributed by atoms with Gasteiger partial charge in [-0.05, 0) is 37.5 Å². The first kappa shape index (κ1) is 17.2. The first-order chi connectivity index (χ1) is 11.7. The fourth-order valence-corrected chi connectivity index (χ4v) is 3.34. The van der Waals surface area contributed by atoms with E-state index in [0.29, 0.717) is 29.7 Å². The highest BCUT2D eigenvalue weighted by molar-refractivity contribution is 5.41. The molecule has 1 aromatic rings. The second-order valence-corrected chi connectivity index (χ2v) is 6.65. The number of hydrogen-bond acceptors (Lipinski definition) is 8. The summed E-state index contributed by atoms with van der Waals surface area (Å²) in [5.41, 5.74) is 0. The molecule has 0 amide bonds. The fraction of sp³-hybridized carbons (Fsp3) is 0.812. The molecule has 8 nitrogen and oxygen atoms in total. The fourth-order valence-electron chi connectivity index (χ4n) is 3.34. The lowest BCUT2D eigenvalue weighted by Crippen LogP contribution is -2.38. The van der Waals surface area contributed by atoms with Gasteiger partial charge in [-0.1, -0.05) is 0 Å². The minimum atomic E-state index is 0.249. The first-order valence-electron chi connectivity index (χ1n) is 8.75. The van der Waals surface area contributed by atoms with Gasteiger partial charge in [-0.2, -0.15) is 15.0 Å². The van der Waals surface area contributed by atoms with Crippen molar-refractivity contribution in [2.24, 2.45) is 11.8 Å². The molecule has 3 heterocycles. The zero-order valence-corrected chi connectivity index (χ0v) is 14.3. The average molecular weight is 337 g/mol. The van der Waals surface area contributed by atoms with Gasteiger partial charge in [-0.25, -0.2) is 0 Å². The van der Waals surface area contributed by atoms with Crippen LogP contribution in [-0.4, -0.2) is 71.7 Å². The molecule has 0 aromatic carbocycles. The Bertz CT molecular complexity index is 486. The minimum Gasteiger partial charge on any atom is -0.467 e. The Labute approximate surface area is 142 Å². The summed E-state index contributed by atoms with van der Waals surface area (Å²) >= 11 is 0. The van der Waals surface area contributed by atoms with Crippen LogP contribution in [0.15, 0.2) is 0 Å². The van der Waals surface area contributed by atoms with Gasteiger partial charge in [-0.3, -0.25) is 0 Å². The van der Waals surface area contributed by atoms with Crippen molar-refractivity contribution in [3.63, 3.8) is 0 Å². The van der Waals surface area contributed by atoms with Gasteiger partial charge in [0.1, 0.15) is 0 Å². The molecule has 0 spiro atoms. The molecule has 0 saturated carbocycles. The number of rotatable bonds is 5. The van der Waals surface area contributed by atoms with E-state index in [-0.39, 0.29) is 13.2 Å². The maximum atomic E-state index is 9.28. The van der Waals surface area contributed by atoms with Crippen molar-refractivity contribution in [1.29, 1.82) is 0 Å². The van der Waals surface area contributed by atoms with Crippen molar-refractivity contribution in [3.8, 4) is 6.01 Å². The summed E-state index contributed by atoms with van der Waals surface area (Å²) in [7, 11) is 1.57. The molecule has 134 valence electrons. The Morgan fingerprint density at radius 2 is 1.25 bits per heavy atom. The number of aliphatic hydroxyl groups is 2. The molecule has 1 aromatic heterocycles. The number of aromatic nitrogens is 3. The summed E-state index contributed by atoms with van der Waals surface area (Å²) in [6.07, 6.45) is 3.78. The smallest absolute Gasteiger partial charge is 0.322 e. The zero-order valence-electron chi connectivity index (χ0n) is 14.3. The topological polar surface area (TPSA) is 94.8 Å². The Morgan fingerprint density at radius 1 is 0.833 bits per heavy atom. The number of nitrogens with zero attached hydrogens (tertiary/aromatic N) is 5. The number of methoxy groups -OCH3 is 1. The normalized spacial score (nSPS) is 20.5. The third-order valence-corrected chi connectivity index (χ3v) is 5.09. The summed E-state index contributed by atoms with van der Waals surface area (Å²) in [6, 6.07) is 0.337. The standard InChI is InChI=1S/C16H27N5O3/c1-24-16-18-14(20-6-2-12(10-22)3-7-20)17-15(19-16)21-8-4-13(11-23)5-9-21/h12-13,22-23H,2-11H2,1H3. The molecule has 0 unspecified atom stereocenters. The van der Waals surface area contributed by atoms with Gasteiger partial charge in [-0.15, -0.1) is 0 Å². The van der Waals surface area contributed by atoms with E-state index >= 15 is 0 Å². The van der Waals surface area contributed by atoms with Gasteiger partial charge >= 0.3 is 6.01 Å². The maximum absolute atomic E-state index is 9.28. The molecular formula is C16H27N5O3. The van der Waals surface area contributed by atoms with E-state index in [1.807, 2.05) is 0 Å². The highest BCUT2D eigenvalue weighted by atomic mass is 16.5. The lowest BCUT2D eigenvalue weighted by Gasteiger charge is -2.33. The molecule has 2 aliphatic heterocycles. The first-order valence-corrected chi connectivity index (χ1v) is 8.75. The van der Waals surface area contributed by atoms with Crippen molar-refractivity contribution >= 4 is 11.9 Å². The van der Waals surface area contributed by atoms with Gasteiger partial charge < -0.3 is 24.7 Å². The average Bonchev–Trinajstić information content (AvgIpc) is 2.67. The quantitative estimate of drug-likeness (QED) is 0.792. The molecule has 2 fully saturated rings. The van der Waals surface area contributed by atoms with E-state index in [0.717, 1.165) is 51.9 Å². The van der Waals surface area contributed by atoms with Crippen LogP contribution in [-0.2, 0) is 0 Å². The summed E-state index contributed by atoms with van der Waals surface area (Å²) < 4.78 is 5.27. The summed E-state index contributed by atoms with van der Waals surface area (Å²) in [4.78, 5) is 17.7. The van der Waals surface area contributed by atoms with E-state index in [2.05, 4.69) is 24.8 Å². The van der Waals surface area contributed by atoms with E-state index in [1.165, 1.54) is 0 Å². The summed E-state index contributed by atoms with van der Waals surface area (Å²) in [5, 5.41) is 18.6. The van der Waals surface area contributed by atoms with E-state index < -0.39 is 0 Å². The van der Waals surface area contributed by atoms with Crippen LogP contribution >= 0.6 is 0 Å². The Balaban J connectivity index is 1.74. The van der Waals surface area contributed by atoms with Crippen LogP contribution < -0.4 is 14.5 Å². The minimum absolute atomic E-state index is 0.249. The van der Waals surface area contributed by atoms with Crippen molar-refractivity contribution in [1.82, 2.24) is 15.0 Å². The highest BCUT2D eigenvalue weighted by Gasteiger charge is 2.25. The molecule has 0 aliphatic carbocycles. The molecule has 2 aliphatic rings. The number of ether oxygens (including phenoxy) is 1. The largest absolute Gasteiger partial charge is 0.467 e. The molecule has 2 saturated heterocycles. The Hall–Kier alpha value is -1.67. The molecule has 24 heavy (non-hydrogen) atoms. The van der Waals surface area contributed by atoms with E-state index in [1.54, 1.807) is 7.11 Å². The Kier molecular flexibility index (Phi) is 5.68. The van der Waals surface area contributed by atoms with Crippen LogP contribution in [0.4, 0.5) is 11.9 Å².